The zero-order chi connectivity index (χ0) is 13.5. The van der Waals surface area contributed by atoms with Crippen LogP contribution < -0.4 is 5.32 Å². The second-order valence-electron chi connectivity index (χ2n) is 4.53. The number of rotatable bonds is 5. The average Bonchev–Trinajstić information content (AvgIpc) is 2.29. The summed E-state index contributed by atoms with van der Waals surface area (Å²) in [6.45, 7) is 5.23. The van der Waals surface area contributed by atoms with Crippen LogP contribution in [-0.4, -0.2) is 30.9 Å². The molecule has 3 nitrogen and oxygen atoms in total. The standard InChI is InChI=1S/C14H19ClN2O/c1-11(2)8-9-17(3)10-14(18)16-13-6-4-12(15)5-7-13/h4-8H,9-10H2,1-3H3,(H,16,18). The van der Waals surface area contributed by atoms with E-state index in [1.165, 1.54) is 5.57 Å². The molecule has 0 saturated heterocycles. The van der Waals surface area contributed by atoms with Crippen molar-refractivity contribution in [3.8, 4) is 0 Å². The molecule has 18 heavy (non-hydrogen) atoms. The minimum atomic E-state index is -0.0259. The zero-order valence-corrected chi connectivity index (χ0v) is 11.8. The fourth-order valence-corrected chi connectivity index (χ4v) is 1.51. The van der Waals surface area contributed by atoms with Crippen LogP contribution in [0, 0.1) is 0 Å². The Morgan fingerprint density at radius 2 is 1.94 bits per heavy atom. The van der Waals surface area contributed by atoms with E-state index < -0.39 is 0 Å². The summed E-state index contributed by atoms with van der Waals surface area (Å²) in [5.74, 6) is -0.0259. The lowest BCUT2D eigenvalue weighted by Crippen LogP contribution is -2.30. The lowest BCUT2D eigenvalue weighted by molar-refractivity contribution is -0.116. The van der Waals surface area contributed by atoms with Crippen LogP contribution in [0.25, 0.3) is 0 Å². The molecule has 1 rings (SSSR count). The van der Waals surface area contributed by atoms with Gasteiger partial charge in [-0.25, -0.2) is 0 Å². The fraction of sp³-hybridized carbons (Fsp3) is 0.357. The number of nitrogens with one attached hydrogen (secondary N) is 1. The predicted molar refractivity (Wildman–Crippen MR) is 77.0 cm³/mol. The molecule has 0 atom stereocenters. The molecule has 0 spiro atoms. The summed E-state index contributed by atoms with van der Waals surface area (Å²) in [4.78, 5) is 13.7. The first-order valence-corrected chi connectivity index (χ1v) is 6.22. The predicted octanol–water partition coefficient (Wildman–Crippen LogP) is 3.18. The van der Waals surface area contributed by atoms with Gasteiger partial charge >= 0.3 is 0 Å². The first-order valence-electron chi connectivity index (χ1n) is 5.84. The quantitative estimate of drug-likeness (QED) is 0.831. The number of halogens is 1. The smallest absolute Gasteiger partial charge is 0.238 e. The van der Waals surface area contributed by atoms with Crippen LogP contribution in [0.3, 0.4) is 0 Å². The van der Waals surface area contributed by atoms with Gasteiger partial charge in [0.2, 0.25) is 5.91 Å². The van der Waals surface area contributed by atoms with Crippen molar-refractivity contribution < 1.29 is 4.79 Å². The maximum absolute atomic E-state index is 11.7. The first-order chi connectivity index (χ1) is 8.47. The number of allylic oxidation sites excluding steroid dienone is 1. The highest BCUT2D eigenvalue weighted by Crippen LogP contribution is 2.13. The van der Waals surface area contributed by atoms with Crippen LogP contribution >= 0.6 is 11.6 Å². The number of nitrogens with zero attached hydrogens (tertiary/aromatic N) is 1. The second-order valence-corrected chi connectivity index (χ2v) is 4.97. The van der Waals surface area contributed by atoms with Gasteiger partial charge in [0.15, 0.2) is 0 Å². The number of hydrogen-bond donors (Lipinski definition) is 1. The molecular formula is C14H19ClN2O. The van der Waals surface area contributed by atoms with Crippen LogP contribution in [0.15, 0.2) is 35.9 Å². The summed E-state index contributed by atoms with van der Waals surface area (Å²) in [7, 11) is 1.92. The van der Waals surface area contributed by atoms with Crippen LogP contribution in [0.4, 0.5) is 5.69 Å². The molecule has 0 aliphatic carbocycles. The minimum Gasteiger partial charge on any atom is -0.325 e. The lowest BCUT2D eigenvalue weighted by Gasteiger charge is -2.14. The molecule has 0 fully saturated rings. The SMILES string of the molecule is CC(C)=CCN(C)CC(=O)Nc1ccc(Cl)cc1. The Bertz CT molecular complexity index is 422. The van der Waals surface area contributed by atoms with Gasteiger partial charge < -0.3 is 5.32 Å². The number of carbonyl (C=O) groups excluding carboxylic acids is 1. The van der Waals surface area contributed by atoms with Gasteiger partial charge in [-0.15, -0.1) is 0 Å². The topological polar surface area (TPSA) is 32.3 Å². The third-order valence-corrected chi connectivity index (χ3v) is 2.60. The van der Waals surface area contributed by atoms with Crippen LogP contribution in [0.2, 0.25) is 5.02 Å². The fourth-order valence-electron chi connectivity index (χ4n) is 1.38. The van der Waals surface area contributed by atoms with Gasteiger partial charge in [0.1, 0.15) is 0 Å². The lowest BCUT2D eigenvalue weighted by atomic mass is 10.3. The van der Waals surface area contributed by atoms with E-state index in [-0.39, 0.29) is 5.91 Å². The Balaban J connectivity index is 2.41. The molecule has 0 aliphatic rings. The maximum atomic E-state index is 11.7. The van der Waals surface area contributed by atoms with Crippen molar-refractivity contribution in [2.75, 3.05) is 25.5 Å². The summed E-state index contributed by atoms with van der Waals surface area (Å²) >= 11 is 5.78. The normalized spacial score (nSPS) is 10.3. The van der Waals surface area contributed by atoms with Crippen LogP contribution in [-0.2, 0) is 4.79 Å². The van der Waals surface area contributed by atoms with Crippen LogP contribution in [0.1, 0.15) is 13.8 Å². The highest BCUT2D eigenvalue weighted by molar-refractivity contribution is 6.30. The van der Waals surface area contributed by atoms with Crippen molar-refractivity contribution in [2.45, 2.75) is 13.8 Å². The summed E-state index contributed by atoms with van der Waals surface area (Å²) in [6, 6.07) is 7.08. The number of carbonyl (C=O) groups is 1. The molecule has 4 heteroatoms. The van der Waals surface area contributed by atoms with Crippen molar-refractivity contribution in [3.05, 3.63) is 40.9 Å². The van der Waals surface area contributed by atoms with Gasteiger partial charge in [-0.1, -0.05) is 23.3 Å². The molecule has 1 aromatic rings. The van der Waals surface area contributed by atoms with Crippen molar-refractivity contribution >= 4 is 23.2 Å². The molecule has 0 heterocycles. The Morgan fingerprint density at radius 3 is 2.50 bits per heavy atom. The highest BCUT2D eigenvalue weighted by atomic mass is 35.5. The van der Waals surface area contributed by atoms with Gasteiger partial charge in [0.05, 0.1) is 6.54 Å². The van der Waals surface area contributed by atoms with E-state index in [2.05, 4.69) is 11.4 Å². The number of hydrogen-bond acceptors (Lipinski definition) is 2. The monoisotopic (exact) mass is 266 g/mol. The summed E-state index contributed by atoms with van der Waals surface area (Å²) in [5.41, 5.74) is 2.01. The van der Waals surface area contributed by atoms with E-state index in [0.717, 1.165) is 12.2 Å². The third-order valence-electron chi connectivity index (χ3n) is 2.35. The maximum Gasteiger partial charge on any atom is 0.238 e. The first kappa shape index (κ1) is 14.7. The molecule has 0 radical (unpaired) electrons. The number of benzene rings is 1. The second kappa shape index (κ2) is 7.19. The molecule has 0 saturated carbocycles. The Kier molecular flexibility index (Phi) is 5.89. The van der Waals surface area contributed by atoms with Gasteiger partial charge in [0, 0.05) is 17.3 Å². The van der Waals surface area contributed by atoms with Crippen molar-refractivity contribution in [3.63, 3.8) is 0 Å². The van der Waals surface area contributed by atoms with Gasteiger partial charge in [-0.3, -0.25) is 9.69 Å². The van der Waals surface area contributed by atoms with Crippen molar-refractivity contribution in [2.24, 2.45) is 0 Å². The molecular weight excluding hydrogens is 248 g/mol. The van der Waals surface area contributed by atoms with Crippen molar-refractivity contribution in [1.29, 1.82) is 0 Å². The number of likely N-dealkylation sites (N-methyl/N-ethyl adjacent to an activating group) is 1. The van der Waals surface area contributed by atoms with Gasteiger partial charge in [-0.05, 0) is 45.2 Å². The number of anilines is 1. The van der Waals surface area contributed by atoms with Gasteiger partial charge in [0.25, 0.3) is 0 Å². The average molecular weight is 267 g/mol. The number of amides is 1. The highest BCUT2D eigenvalue weighted by Gasteiger charge is 2.05. The Labute approximate surface area is 113 Å². The van der Waals surface area contributed by atoms with E-state index in [1.807, 2.05) is 25.8 Å². The molecule has 0 aliphatic heterocycles. The molecule has 98 valence electrons. The molecule has 0 aromatic heterocycles. The molecule has 1 N–H and O–H groups in total. The Morgan fingerprint density at radius 1 is 1.33 bits per heavy atom. The molecule has 0 bridgehead atoms. The summed E-state index contributed by atoms with van der Waals surface area (Å²) in [5, 5.41) is 3.49. The van der Waals surface area contributed by atoms with E-state index in [9.17, 15) is 4.79 Å². The van der Waals surface area contributed by atoms with E-state index in [1.54, 1.807) is 24.3 Å². The van der Waals surface area contributed by atoms with Crippen molar-refractivity contribution in [1.82, 2.24) is 4.90 Å². The third kappa shape index (κ3) is 5.84. The molecule has 1 aromatic carbocycles. The Hall–Kier alpha value is -1.32. The summed E-state index contributed by atoms with van der Waals surface area (Å²) in [6.07, 6.45) is 2.09. The largest absolute Gasteiger partial charge is 0.325 e. The van der Waals surface area contributed by atoms with E-state index in [0.29, 0.717) is 11.6 Å². The molecule has 0 unspecified atom stereocenters. The zero-order valence-electron chi connectivity index (χ0n) is 11.0. The van der Waals surface area contributed by atoms with E-state index in [4.69, 9.17) is 11.6 Å². The minimum absolute atomic E-state index is 0.0259. The van der Waals surface area contributed by atoms with Gasteiger partial charge in [-0.2, -0.15) is 0 Å². The molecule has 1 amide bonds. The van der Waals surface area contributed by atoms with Crippen LogP contribution in [0.5, 0.6) is 0 Å². The summed E-state index contributed by atoms with van der Waals surface area (Å²) < 4.78 is 0. The van der Waals surface area contributed by atoms with E-state index >= 15 is 0 Å².